The van der Waals surface area contributed by atoms with Gasteiger partial charge < -0.3 is 10.6 Å². The fourth-order valence-electron chi connectivity index (χ4n) is 3.42. The fourth-order valence-corrected chi connectivity index (χ4v) is 4.28. The molecule has 1 aliphatic heterocycles. The van der Waals surface area contributed by atoms with E-state index in [0.717, 1.165) is 15.3 Å². The number of nitrogens with zero attached hydrogens (tertiary/aromatic N) is 2. The Morgan fingerprint density at radius 1 is 1.16 bits per heavy atom. The molecule has 32 heavy (non-hydrogen) atoms. The maximum Gasteiger partial charge on any atom is 0.325 e. The van der Waals surface area contributed by atoms with Gasteiger partial charge in [-0.2, -0.15) is 0 Å². The Kier molecular flexibility index (Phi) is 5.70. The van der Waals surface area contributed by atoms with Gasteiger partial charge in [-0.1, -0.05) is 24.3 Å². The number of urea groups is 1. The molecule has 0 radical (unpaired) electrons. The Morgan fingerprint density at radius 2 is 1.91 bits per heavy atom. The fraction of sp³-hybridized carbons (Fsp3) is 0.182. The third-order valence-electron chi connectivity index (χ3n) is 5.07. The van der Waals surface area contributed by atoms with Crippen LogP contribution in [0.4, 0.5) is 18.7 Å². The molecular formula is C22H18F2N4O3S. The van der Waals surface area contributed by atoms with Crippen LogP contribution in [0, 0.1) is 11.6 Å². The second kappa shape index (κ2) is 8.46. The van der Waals surface area contributed by atoms with Crippen molar-refractivity contribution in [2.24, 2.45) is 0 Å². The number of imide groups is 1. The van der Waals surface area contributed by atoms with Crippen LogP contribution in [0.2, 0.25) is 0 Å². The molecule has 2 N–H and O–H groups in total. The van der Waals surface area contributed by atoms with E-state index in [9.17, 15) is 23.2 Å². The van der Waals surface area contributed by atoms with E-state index in [2.05, 4.69) is 15.6 Å². The highest BCUT2D eigenvalue weighted by Gasteiger charge is 2.49. The van der Waals surface area contributed by atoms with Crippen molar-refractivity contribution < 1.29 is 23.2 Å². The van der Waals surface area contributed by atoms with Crippen LogP contribution in [0.3, 0.4) is 0 Å². The summed E-state index contributed by atoms with van der Waals surface area (Å²) in [4.78, 5) is 43.4. The first-order valence-corrected chi connectivity index (χ1v) is 10.5. The largest absolute Gasteiger partial charge is 0.325 e. The summed E-state index contributed by atoms with van der Waals surface area (Å²) in [6, 6.07) is 10.7. The Bertz CT molecular complexity index is 1200. The maximum atomic E-state index is 13.3. The molecule has 0 spiro atoms. The molecule has 1 aromatic heterocycles. The first kappa shape index (κ1) is 21.6. The third-order valence-corrected chi connectivity index (χ3v) is 5.98. The second-order valence-electron chi connectivity index (χ2n) is 7.44. The monoisotopic (exact) mass is 456 g/mol. The Hall–Kier alpha value is -3.66. The highest BCUT2D eigenvalue weighted by molar-refractivity contribution is 7.15. The smallest absolute Gasteiger partial charge is 0.319 e. The van der Waals surface area contributed by atoms with Gasteiger partial charge in [0.25, 0.3) is 5.91 Å². The minimum Gasteiger partial charge on any atom is -0.319 e. The van der Waals surface area contributed by atoms with Crippen molar-refractivity contribution in [1.82, 2.24) is 15.2 Å². The van der Waals surface area contributed by atoms with Crippen LogP contribution in [0.5, 0.6) is 0 Å². The molecule has 1 atom stereocenters. The molecule has 0 bridgehead atoms. The summed E-state index contributed by atoms with van der Waals surface area (Å²) < 4.78 is 26.5. The molecule has 10 heteroatoms. The van der Waals surface area contributed by atoms with E-state index in [4.69, 9.17) is 0 Å². The van der Waals surface area contributed by atoms with Crippen molar-refractivity contribution in [3.63, 3.8) is 0 Å². The van der Waals surface area contributed by atoms with Gasteiger partial charge in [0.2, 0.25) is 5.91 Å². The number of amides is 4. The number of hydrogen-bond donors (Lipinski definition) is 2. The highest BCUT2D eigenvalue weighted by Crippen LogP contribution is 2.29. The Morgan fingerprint density at radius 3 is 2.62 bits per heavy atom. The van der Waals surface area contributed by atoms with Crippen LogP contribution < -0.4 is 10.6 Å². The second-order valence-corrected chi connectivity index (χ2v) is 8.56. The lowest BCUT2D eigenvalue weighted by Gasteiger charge is -2.22. The predicted octanol–water partition coefficient (Wildman–Crippen LogP) is 3.42. The quantitative estimate of drug-likeness (QED) is 0.556. The zero-order chi connectivity index (χ0) is 22.9. The standard InChI is InChI=1S/C22H18F2N4O3S/c1-22(14-5-7-15(23)8-6-14)19(30)28(21(31)27-22)12-18(29)26-20-25-11-17(32-20)10-13-3-2-4-16(24)9-13/h2-9,11H,10,12H2,1H3,(H,27,31)(H,25,26,29). The Labute approximate surface area is 186 Å². The molecule has 0 saturated carbocycles. The first-order chi connectivity index (χ1) is 15.2. The number of halogens is 2. The van der Waals surface area contributed by atoms with Gasteiger partial charge in [0.15, 0.2) is 5.13 Å². The van der Waals surface area contributed by atoms with E-state index >= 15 is 0 Å². The molecule has 1 saturated heterocycles. The van der Waals surface area contributed by atoms with Crippen molar-refractivity contribution >= 4 is 34.3 Å². The van der Waals surface area contributed by atoms with Gasteiger partial charge in [-0.15, -0.1) is 11.3 Å². The topological polar surface area (TPSA) is 91.4 Å². The third kappa shape index (κ3) is 4.35. The minimum absolute atomic E-state index is 0.301. The van der Waals surface area contributed by atoms with Crippen LogP contribution in [0.1, 0.15) is 22.9 Å². The van der Waals surface area contributed by atoms with Crippen LogP contribution in [0.15, 0.2) is 54.7 Å². The van der Waals surface area contributed by atoms with Gasteiger partial charge in [0.05, 0.1) is 0 Å². The molecule has 4 rings (SSSR count). The SMILES string of the molecule is CC1(c2ccc(F)cc2)NC(=O)N(CC(=O)Nc2ncc(Cc3cccc(F)c3)s2)C1=O. The summed E-state index contributed by atoms with van der Waals surface area (Å²) in [6.45, 7) is 0.998. The van der Waals surface area contributed by atoms with Crippen LogP contribution in [-0.4, -0.2) is 34.3 Å². The predicted molar refractivity (Wildman–Crippen MR) is 114 cm³/mol. The van der Waals surface area contributed by atoms with Gasteiger partial charge in [-0.3, -0.25) is 14.5 Å². The Balaban J connectivity index is 1.40. The minimum atomic E-state index is -1.40. The van der Waals surface area contributed by atoms with E-state index in [-0.39, 0.29) is 5.82 Å². The van der Waals surface area contributed by atoms with Gasteiger partial charge in [-0.05, 0) is 42.3 Å². The molecule has 7 nitrogen and oxygen atoms in total. The molecule has 3 aromatic rings. The van der Waals surface area contributed by atoms with E-state index in [1.165, 1.54) is 54.7 Å². The van der Waals surface area contributed by atoms with E-state index < -0.39 is 35.7 Å². The van der Waals surface area contributed by atoms with Crippen molar-refractivity contribution in [2.45, 2.75) is 18.9 Å². The van der Waals surface area contributed by atoms with Crippen molar-refractivity contribution in [2.75, 3.05) is 11.9 Å². The molecule has 0 aliphatic carbocycles. The van der Waals surface area contributed by atoms with Crippen molar-refractivity contribution in [3.05, 3.63) is 82.4 Å². The number of hydrogen-bond acceptors (Lipinski definition) is 5. The molecule has 1 aliphatic rings. The van der Waals surface area contributed by atoms with E-state index in [1.807, 2.05) is 0 Å². The lowest BCUT2D eigenvalue weighted by molar-refractivity contribution is -0.133. The number of carbonyl (C=O) groups excluding carboxylic acids is 3. The van der Waals surface area contributed by atoms with Gasteiger partial charge in [-0.25, -0.2) is 18.6 Å². The van der Waals surface area contributed by atoms with Gasteiger partial charge >= 0.3 is 6.03 Å². The summed E-state index contributed by atoms with van der Waals surface area (Å²) in [5.74, 6) is -2.01. The molecule has 2 aromatic carbocycles. The normalized spacial score (nSPS) is 18.0. The van der Waals surface area contributed by atoms with Gasteiger partial charge in [0, 0.05) is 17.5 Å². The number of thiazole rings is 1. The molecular weight excluding hydrogens is 438 g/mol. The molecule has 1 fully saturated rings. The average Bonchev–Trinajstić information content (AvgIpc) is 3.26. The van der Waals surface area contributed by atoms with E-state index in [1.54, 1.807) is 18.3 Å². The zero-order valence-electron chi connectivity index (χ0n) is 16.9. The zero-order valence-corrected chi connectivity index (χ0v) is 17.7. The number of nitrogens with one attached hydrogen (secondary N) is 2. The van der Waals surface area contributed by atoms with Crippen molar-refractivity contribution in [3.8, 4) is 0 Å². The summed E-state index contributed by atoms with van der Waals surface area (Å²) >= 11 is 1.21. The van der Waals surface area contributed by atoms with E-state index in [0.29, 0.717) is 17.1 Å². The number of benzene rings is 2. The van der Waals surface area contributed by atoms with Crippen LogP contribution >= 0.6 is 11.3 Å². The first-order valence-electron chi connectivity index (χ1n) is 9.64. The number of carbonyl (C=O) groups is 3. The van der Waals surface area contributed by atoms with Crippen LogP contribution in [-0.2, 0) is 21.5 Å². The molecule has 4 amide bonds. The summed E-state index contributed by atoms with van der Waals surface area (Å²) in [6.07, 6.45) is 2.03. The number of rotatable bonds is 6. The van der Waals surface area contributed by atoms with Crippen LogP contribution in [0.25, 0.3) is 0 Å². The van der Waals surface area contributed by atoms with Crippen molar-refractivity contribution in [1.29, 1.82) is 0 Å². The number of anilines is 1. The average molecular weight is 456 g/mol. The number of aromatic nitrogens is 1. The lowest BCUT2D eigenvalue weighted by Crippen LogP contribution is -2.42. The molecule has 1 unspecified atom stereocenters. The molecule has 164 valence electrons. The van der Waals surface area contributed by atoms with Gasteiger partial charge in [0.1, 0.15) is 23.7 Å². The summed E-state index contributed by atoms with van der Waals surface area (Å²) in [5.41, 5.74) is -0.224. The summed E-state index contributed by atoms with van der Waals surface area (Å²) in [5, 5.41) is 5.44. The maximum absolute atomic E-state index is 13.3. The lowest BCUT2D eigenvalue weighted by atomic mass is 9.92. The molecule has 2 heterocycles. The highest BCUT2D eigenvalue weighted by atomic mass is 32.1. The summed E-state index contributed by atoms with van der Waals surface area (Å²) in [7, 11) is 0.